The number of amides is 3. The van der Waals surface area contributed by atoms with Crippen molar-refractivity contribution in [3.63, 3.8) is 0 Å². The van der Waals surface area contributed by atoms with Gasteiger partial charge in [-0.3, -0.25) is 25.2 Å². The lowest BCUT2D eigenvalue weighted by Gasteiger charge is -2.38. The molecule has 0 spiro atoms. The van der Waals surface area contributed by atoms with Gasteiger partial charge >= 0.3 is 6.09 Å². The van der Waals surface area contributed by atoms with Crippen molar-refractivity contribution in [2.45, 2.75) is 64.5 Å². The lowest BCUT2D eigenvalue weighted by Crippen LogP contribution is -2.49. The summed E-state index contributed by atoms with van der Waals surface area (Å²) in [5.74, 6) is -0.658. The van der Waals surface area contributed by atoms with E-state index < -0.39 is 29.5 Å². The molecule has 0 bridgehead atoms. The molecule has 1 aromatic rings. The Morgan fingerprint density at radius 3 is 2.45 bits per heavy atom. The van der Waals surface area contributed by atoms with Crippen molar-refractivity contribution in [2.24, 2.45) is 5.92 Å². The van der Waals surface area contributed by atoms with Crippen LogP contribution in [0.4, 0.5) is 20.6 Å². The maximum Gasteiger partial charge on any atom is 0.422 e. The topological polar surface area (TPSA) is 130 Å². The van der Waals surface area contributed by atoms with Crippen LogP contribution in [0.1, 0.15) is 58.4 Å². The number of nitrogens with one attached hydrogen (secondary N) is 3. The van der Waals surface area contributed by atoms with Crippen LogP contribution < -0.4 is 21.0 Å². The monoisotopic (exact) mass is 557 g/mol. The summed E-state index contributed by atoms with van der Waals surface area (Å²) in [6, 6.07) is 4.23. The van der Waals surface area contributed by atoms with Gasteiger partial charge in [0.1, 0.15) is 23.5 Å². The number of hydrogen-bond acceptors (Lipinski definition) is 9. The highest BCUT2D eigenvalue weighted by Gasteiger charge is 2.29. The van der Waals surface area contributed by atoms with Gasteiger partial charge in [0, 0.05) is 51.8 Å². The van der Waals surface area contributed by atoms with E-state index in [4.69, 9.17) is 4.74 Å². The number of carbonyl (C=O) groups excluding carboxylic acids is 3. The molecule has 3 aliphatic heterocycles. The molecular formula is C28H40FN7O4. The summed E-state index contributed by atoms with van der Waals surface area (Å²) in [6.45, 7) is 11.0. The molecule has 0 radical (unpaired) electrons. The Hall–Kier alpha value is -3.43. The Kier molecular flexibility index (Phi) is 9.48. The summed E-state index contributed by atoms with van der Waals surface area (Å²) < 4.78 is 20.5. The van der Waals surface area contributed by atoms with Gasteiger partial charge in [0.2, 0.25) is 11.8 Å². The SMILES string of the molecule is CC(C)(C)OC(=O)NN1CCC(CCN2CCN(c3cc(C#N)c(NC4CCC(=O)NC4=O)cc3F)CC2)CC1. The van der Waals surface area contributed by atoms with Crippen LogP contribution in [0.15, 0.2) is 12.1 Å². The van der Waals surface area contributed by atoms with E-state index in [9.17, 15) is 19.6 Å². The Balaban J connectivity index is 1.22. The number of rotatable bonds is 7. The number of imide groups is 1. The molecule has 3 N–H and O–H groups in total. The number of carbonyl (C=O) groups is 3. The highest BCUT2D eigenvalue weighted by atomic mass is 19.1. The van der Waals surface area contributed by atoms with Gasteiger partial charge in [0.25, 0.3) is 0 Å². The lowest BCUT2D eigenvalue weighted by atomic mass is 9.94. The third kappa shape index (κ3) is 8.05. The molecule has 0 saturated carbocycles. The second-order valence-electron chi connectivity index (χ2n) is 11.8. The van der Waals surface area contributed by atoms with Crippen molar-refractivity contribution in [2.75, 3.05) is 56.0 Å². The molecule has 3 fully saturated rings. The zero-order valence-corrected chi connectivity index (χ0v) is 23.6. The minimum absolute atomic E-state index is 0.195. The van der Waals surface area contributed by atoms with Crippen molar-refractivity contribution >= 4 is 29.3 Å². The second kappa shape index (κ2) is 12.8. The van der Waals surface area contributed by atoms with E-state index >= 15 is 4.39 Å². The van der Waals surface area contributed by atoms with E-state index in [1.54, 1.807) is 0 Å². The van der Waals surface area contributed by atoms with Crippen molar-refractivity contribution in [1.29, 1.82) is 5.26 Å². The molecule has 3 saturated heterocycles. The van der Waals surface area contributed by atoms with E-state index in [2.05, 4.69) is 27.0 Å². The molecular weight excluding hydrogens is 517 g/mol. The predicted molar refractivity (Wildman–Crippen MR) is 148 cm³/mol. The third-order valence-electron chi connectivity index (χ3n) is 7.61. The number of nitriles is 1. The number of hydrazine groups is 1. The Labute approximate surface area is 234 Å². The van der Waals surface area contributed by atoms with Gasteiger partial charge in [-0.25, -0.2) is 14.2 Å². The summed E-state index contributed by atoms with van der Waals surface area (Å²) in [4.78, 5) is 39.8. The summed E-state index contributed by atoms with van der Waals surface area (Å²) in [5, 5.41) is 16.8. The number of piperidine rings is 2. The molecule has 3 aliphatic rings. The fourth-order valence-corrected chi connectivity index (χ4v) is 5.38. The molecule has 218 valence electrons. The van der Waals surface area contributed by atoms with Crippen LogP contribution in [0.2, 0.25) is 0 Å². The fraction of sp³-hybridized carbons (Fsp3) is 0.643. The molecule has 1 unspecified atom stereocenters. The van der Waals surface area contributed by atoms with Crippen molar-refractivity contribution in [1.82, 2.24) is 20.7 Å². The van der Waals surface area contributed by atoms with E-state index in [1.165, 1.54) is 12.1 Å². The number of hydrogen-bond donors (Lipinski definition) is 3. The first-order chi connectivity index (χ1) is 19.0. The van der Waals surface area contributed by atoms with Crippen LogP contribution >= 0.6 is 0 Å². The maximum absolute atomic E-state index is 15.1. The second-order valence-corrected chi connectivity index (χ2v) is 11.8. The van der Waals surface area contributed by atoms with Gasteiger partial charge in [0.05, 0.1) is 16.9 Å². The number of piperazine rings is 1. The van der Waals surface area contributed by atoms with Crippen LogP contribution in [0.5, 0.6) is 0 Å². The number of nitrogens with zero attached hydrogens (tertiary/aromatic N) is 4. The highest BCUT2D eigenvalue weighted by molar-refractivity contribution is 6.01. The van der Waals surface area contributed by atoms with E-state index in [-0.39, 0.29) is 23.6 Å². The predicted octanol–water partition coefficient (Wildman–Crippen LogP) is 2.58. The van der Waals surface area contributed by atoms with Crippen molar-refractivity contribution < 1.29 is 23.5 Å². The van der Waals surface area contributed by atoms with Crippen molar-refractivity contribution in [3.05, 3.63) is 23.5 Å². The van der Waals surface area contributed by atoms with Crippen LogP contribution in [0, 0.1) is 23.1 Å². The van der Waals surface area contributed by atoms with Gasteiger partial charge in [-0.15, -0.1) is 0 Å². The highest BCUT2D eigenvalue weighted by Crippen LogP contribution is 2.29. The summed E-state index contributed by atoms with van der Waals surface area (Å²) >= 11 is 0. The standard InChI is InChI=1S/C28H40FN7O4/c1-28(2,3)40-27(39)33-36-10-7-19(8-11-36)6-9-34-12-14-35(15-13-34)24-16-20(18-30)23(17-21(24)29)31-22-4-5-25(37)32-26(22)38/h16-17,19,22,31H,4-15H2,1-3H3,(H,33,39)(H,32,37,38). The Morgan fingerprint density at radius 1 is 1.12 bits per heavy atom. The number of benzene rings is 1. The molecule has 1 aromatic carbocycles. The maximum atomic E-state index is 15.1. The smallest absolute Gasteiger partial charge is 0.422 e. The summed E-state index contributed by atoms with van der Waals surface area (Å²) in [7, 11) is 0. The first-order valence-corrected chi connectivity index (χ1v) is 14.1. The summed E-state index contributed by atoms with van der Waals surface area (Å²) in [5.41, 5.74) is 3.21. The molecule has 1 atom stereocenters. The van der Waals surface area contributed by atoms with E-state index in [1.807, 2.05) is 30.7 Å². The fourth-order valence-electron chi connectivity index (χ4n) is 5.38. The first-order valence-electron chi connectivity index (χ1n) is 14.1. The molecule has 40 heavy (non-hydrogen) atoms. The molecule has 3 amide bonds. The van der Waals surface area contributed by atoms with E-state index in [0.717, 1.165) is 52.0 Å². The van der Waals surface area contributed by atoms with Crippen LogP contribution in [-0.2, 0) is 14.3 Å². The first kappa shape index (κ1) is 29.6. The van der Waals surface area contributed by atoms with Gasteiger partial charge in [0.15, 0.2) is 0 Å². The number of ether oxygens (including phenoxy) is 1. The summed E-state index contributed by atoms with van der Waals surface area (Å²) in [6.07, 6.45) is 3.17. The van der Waals surface area contributed by atoms with Gasteiger partial charge in [-0.05, 0) is 65.0 Å². The van der Waals surface area contributed by atoms with Gasteiger partial charge in [-0.2, -0.15) is 5.26 Å². The Bertz CT molecular complexity index is 1130. The number of halogens is 1. The van der Waals surface area contributed by atoms with Crippen LogP contribution in [-0.4, -0.2) is 85.3 Å². The lowest BCUT2D eigenvalue weighted by molar-refractivity contribution is -0.133. The molecule has 11 nitrogen and oxygen atoms in total. The minimum atomic E-state index is -0.688. The van der Waals surface area contributed by atoms with Gasteiger partial charge in [-0.1, -0.05) is 0 Å². The van der Waals surface area contributed by atoms with Crippen LogP contribution in [0.25, 0.3) is 0 Å². The quantitative estimate of drug-likeness (QED) is 0.433. The van der Waals surface area contributed by atoms with Crippen molar-refractivity contribution in [3.8, 4) is 6.07 Å². The zero-order valence-electron chi connectivity index (χ0n) is 23.6. The van der Waals surface area contributed by atoms with Crippen LogP contribution in [0.3, 0.4) is 0 Å². The van der Waals surface area contributed by atoms with E-state index in [0.29, 0.717) is 31.1 Å². The normalized spacial score (nSPS) is 21.5. The molecule has 4 rings (SSSR count). The van der Waals surface area contributed by atoms with Gasteiger partial charge < -0.3 is 15.0 Å². The molecule has 0 aliphatic carbocycles. The Morgan fingerprint density at radius 2 is 1.82 bits per heavy atom. The molecule has 3 heterocycles. The largest absolute Gasteiger partial charge is 0.443 e. The average Bonchev–Trinajstić information content (AvgIpc) is 2.89. The zero-order chi connectivity index (χ0) is 28.9. The molecule has 0 aromatic heterocycles. The minimum Gasteiger partial charge on any atom is -0.443 e. The molecule has 12 heteroatoms. The third-order valence-corrected chi connectivity index (χ3v) is 7.61. The number of anilines is 2. The average molecular weight is 558 g/mol.